The number of nitrogens with zero attached hydrogens (tertiary/aromatic N) is 3. The van der Waals surface area contributed by atoms with E-state index in [1.807, 2.05) is 4.90 Å². The minimum Gasteiger partial charge on any atom is -0.355 e. The number of hydrogen-bond donors (Lipinski definition) is 0. The zero-order valence-electron chi connectivity index (χ0n) is 14.2. The Labute approximate surface area is 146 Å². The SMILES string of the molecule is O=C(c1cc(-c2ccccc2F)on1)N1CCCN(CC2CC2)CC1. The number of hydrogen-bond acceptors (Lipinski definition) is 4. The number of rotatable bonds is 4. The summed E-state index contributed by atoms with van der Waals surface area (Å²) in [6, 6.07) is 7.86. The van der Waals surface area contributed by atoms with E-state index in [0.29, 0.717) is 12.1 Å². The van der Waals surface area contributed by atoms with Crippen molar-refractivity contribution in [2.75, 3.05) is 32.7 Å². The van der Waals surface area contributed by atoms with Gasteiger partial charge in [0.25, 0.3) is 5.91 Å². The maximum absolute atomic E-state index is 13.9. The van der Waals surface area contributed by atoms with Crippen molar-refractivity contribution in [1.29, 1.82) is 0 Å². The highest BCUT2D eigenvalue weighted by molar-refractivity contribution is 5.93. The predicted octanol–water partition coefficient (Wildman–Crippen LogP) is 3.04. The van der Waals surface area contributed by atoms with Crippen molar-refractivity contribution in [1.82, 2.24) is 15.0 Å². The van der Waals surface area contributed by atoms with E-state index in [1.165, 1.54) is 25.0 Å². The van der Waals surface area contributed by atoms with Gasteiger partial charge in [-0.25, -0.2) is 4.39 Å². The van der Waals surface area contributed by atoms with E-state index >= 15 is 0 Å². The van der Waals surface area contributed by atoms with Crippen molar-refractivity contribution in [3.63, 3.8) is 0 Å². The van der Waals surface area contributed by atoms with Gasteiger partial charge in [-0.1, -0.05) is 17.3 Å². The maximum Gasteiger partial charge on any atom is 0.276 e. The van der Waals surface area contributed by atoms with Crippen molar-refractivity contribution in [3.05, 3.63) is 41.8 Å². The van der Waals surface area contributed by atoms with Crippen molar-refractivity contribution >= 4 is 5.91 Å². The molecule has 1 aliphatic carbocycles. The fourth-order valence-electron chi connectivity index (χ4n) is 3.35. The summed E-state index contributed by atoms with van der Waals surface area (Å²) in [5, 5.41) is 3.87. The van der Waals surface area contributed by atoms with Gasteiger partial charge in [0, 0.05) is 32.2 Å². The van der Waals surface area contributed by atoms with E-state index in [0.717, 1.165) is 38.5 Å². The van der Waals surface area contributed by atoms with Crippen molar-refractivity contribution in [2.45, 2.75) is 19.3 Å². The van der Waals surface area contributed by atoms with E-state index in [4.69, 9.17) is 4.52 Å². The van der Waals surface area contributed by atoms with Crippen LogP contribution in [0.2, 0.25) is 0 Å². The third kappa shape index (κ3) is 3.74. The summed E-state index contributed by atoms with van der Waals surface area (Å²) in [7, 11) is 0. The van der Waals surface area contributed by atoms with E-state index in [2.05, 4.69) is 10.1 Å². The topological polar surface area (TPSA) is 49.6 Å². The highest BCUT2D eigenvalue weighted by Crippen LogP contribution is 2.30. The van der Waals surface area contributed by atoms with Crippen LogP contribution in [0.1, 0.15) is 29.8 Å². The molecule has 0 bridgehead atoms. The first kappa shape index (κ1) is 16.3. The van der Waals surface area contributed by atoms with Crippen LogP contribution in [0.15, 0.2) is 34.9 Å². The normalized spacial score (nSPS) is 19.0. The summed E-state index contributed by atoms with van der Waals surface area (Å²) in [5.74, 6) is 0.621. The lowest BCUT2D eigenvalue weighted by molar-refractivity contribution is 0.0751. The second kappa shape index (κ2) is 6.96. The molecule has 1 aliphatic heterocycles. The Balaban J connectivity index is 1.43. The van der Waals surface area contributed by atoms with Crippen LogP contribution in [0.3, 0.4) is 0 Å². The monoisotopic (exact) mass is 343 g/mol. The Morgan fingerprint density at radius 3 is 2.84 bits per heavy atom. The number of carbonyl (C=O) groups excluding carboxylic acids is 1. The average molecular weight is 343 g/mol. The van der Waals surface area contributed by atoms with Crippen LogP contribution in [0, 0.1) is 11.7 Å². The van der Waals surface area contributed by atoms with E-state index < -0.39 is 0 Å². The zero-order valence-corrected chi connectivity index (χ0v) is 14.2. The van der Waals surface area contributed by atoms with Crippen molar-refractivity contribution in [3.8, 4) is 11.3 Å². The van der Waals surface area contributed by atoms with Crippen LogP contribution in [-0.2, 0) is 0 Å². The Bertz CT molecular complexity index is 757. The Kier molecular flexibility index (Phi) is 4.53. The van der Waals surface area contributed by atoms with E-state index in [9.17, 15) is 9.18 Å². The van der Waals surface area contributed by atoms with Gasteiger partial charge in [-0.15, -0.1) is 0 Å². The summed E-state index contributed by atoms with van der Waals surface area (Å²) in [6.45, 7) is 4.53. The molecule has 2 aliphatic rings. The van der Waals surface area contributed by atoms with Gasteiger partial charge in [0.15, 0.2) is 11.5 Å². The molecule has 1 aromatic heterocycles. The largest absolute Gasteiger partial charge is 0.355 e. The number of halogens is 1. The second-order valence-electron chi connectivity index (χ2n) is 6.95. The van der Waals surface area contributed by atoms with Gasteiger partial charge < -0.3 is 14.3 Å². The minimum atomic E-state index is -0.386. The van der Waals surface area contributed by atoms with Gasteiger partial charge in [0.1, 0.15) is 5.82 Å². The summed E-state index contributed by atoms with van der Waals surface area (Å²) in [4.78, 5) is 17.0. The Morgan fingerprint density at radius 2 is 2.04 bits per heavy atom. The molecular formula is C19H22FN3O2. The Hall–Kier alpha value is -2.21. The molecule has 2 heterocycles. The van der Waals surface area contributed by atoms with E-state index in [-0.39, 0.29) is 23.2 Å². The molecule has 4 rings (SSSR count). The average Bonchev–Trinajstić information content (AvgIpc) is 3.35. The van der Waals surface area contributed by atoms with Gasteiger partial charge in [-0.05, 0) is 43.9 Å². The molecule has 5 nitrogen and oxygen atoms in total. The first-order chi connectivity index (χ1) is 12.2. The molecule has 0 spiro atoms. The third-order valence-corrected chi connectivity index (χ3v) is 4.96. The minimum absolute atomic E-state index is 0.139. The first-order valence-corrected chi connectivity index (χ1v) is 8.94. The van der Waals surface area contributed by atoms with Crippen LogP contribution in [0.4, 0.5) is 4.39 Å². The maximum atomic E-state index is 13.9. The molecule has 6 heteroatoms. The molecule has 0 unspecified atom stereocenters. The molecule has 2 aromatic rings. The molecule has 1 amide bonds. The van der Waals surface area contributed by atoms with Crippen LogP contribution in [0.5, 0.6) is 0 Å². The fraction of sp³-hybridized carbons (Fsp3) is 0.474. The third-order valence-electron chi connectivity index (χ3n) is 4.96. The predicted molar refractivity (Wildman–Crippen MR) is 91.6 cm³/mol. The molecular weight excluding hydrogens is 321 g/mol. The molecule has 0 radical (unpaired) electrons. The standard InChI is InChI=1S/C19H22FN3O2/c20-16-5-2-1-4-15(16)18-12-17(21-25-18)19(24)23-9-3-8-22(10-11-23)13-14-6-7-14/h1-2,4-5,12,14H,3,6-11,13H2. The van der Waals surface area contributed by atoms with Gasteiger partial charge in [0.2, 0.25) is 0 Å². The van der Waals surface area contributed by atoms with Gasteiger partial charge in [-0.3, -0.25) is 4.79 Å². The molecule has 2 fully saturated rings. The zero-order chi connectivity index (χ0) is 17.2. The van der Waals surface area contributed by atoms with Crippen LogP contribution in [-0.4, -0.2) is 53.6 Å². The second-order valence-corrected chi connectivity index (χ2v) is 6.95. The summed E-state index contributed by atoms with van der Waals surface area (Å²) in [6.07, 6.45) is 3.66. The number of carbonyl (C=O) groups is 1. The number of benzene rings is 1. The van der Waals surface area contributed by atoms with Crippen LogP contribution in [0.25, 0.3) is 11.3 Å². The lowest BCUT2D eigenvalue weighted by Crippen LogP contribution is -2.35. The molecule has 132 valence electrons. The van der Waals surface area contributed by atoms with Gasteiger partial charge in [0.05, 0.1) is 5.56 Å². The van der Waals surface area contributed by atoms with Gasteiger partial charge in [-0.2, -0.15) is 0 Å². The number of amides is 1. The quantitative estimate of drug-likeness (QED) is 0.856. The highest BCUT2D eigenvalue weighted by Gasteiger charge is 2.27. The lowest BCUT2D eigenvalue weighted by Gasteiger charge is -2.21. The Morgan fingerprint density at radius 1 is 1.20 bits per heavy atom. The summed E-state index contributed by atoms with van der Waals surface area (Å²) in [5.41, 5.74) is 0.564. The van der Waals surface area contributed by atoms with Crippen LogP contribution >= 0.6 is 0 Å². The number of aromatic nitrogens is 1. The van der Waals surface area contributed by atoms with Crippen molar-refractivity contribution in [2.24, 2.45) is 5.92 Å². The molecule has 1 saturated heterocycles. The molecule has 1 aromatic carbocycles. The first-order valence-electron chi connectivity index (χ1n) is 8.94. The van der Waals surface area contributed by atoms with Crippen LogP contribution < -0.4 is 0 Å². The fourth-order valence-corrected chi connectivity index (χ4v) is 3.35. The molecule has 1 saturated carbocycles. The smallest absolute Gasteiger partial charge is 0.276 e. The lowest BCUT2D eigenvalue weighted by atomic mass is 10.1. The molecule has 0 N–H and O–H groups in total. The van der Waals surface area contributed by atoms with Gasteiger partial charge >= 0.3 is 0 Å². The van der Waals surface area contributed by atoms with E-state index in [1.54, 1.807) is 18.2 Å². The summed E-state index contributed by atoms with van der Waals surface area (Å²) < 4.78 is 19.1. The highest BCUT2D eigenvalue weighted by atomic mass is 19.1. The molecule has 0 atom stereocenters. The van der Waals surface area contributed by atoms with Crippen molar-refractivity contribution < 1.29 is 13.7 Å². The molecule has 25 heavy (non-hydrogen) atoms. The summed E-state index contributed by atoms with van der Waals surface area (Å²) >= 11 is 0.